The van der Waals surface area contributed by atoms with Crippen LogP contribution in [0.3, 0.4) is 0 Å². The average molecular weight is 241 g/mol. The average Bonchev–Trinajstić information content (AvgIpc) is 2.62. The molecule has 1 atom stereocenters. The predicted molar refractivity (Wildman–Crippen MR) is 61.5 cm³/mol. The summed E-state index contributed by atoms with van der Waals surface area (Å²) in [5.74, 6) is 0. The van der Waals surface area contributed by atoms with Crippen LogP contribution >= 0.6 is 11.6 Å². The van der Waals surface area contributed by atoms with Gasteiger partial charge in [-0.1, -0.05) is 0 Å². The largest absolute Gasteiger partial charge is 0.383 e. The Balaban J connectivity index is 2.30. The van der Waals surface area contributed by atoms with Gasteiger partial charge in [-0.05, 0) is 0 Å². The summed E-state index contributed by atoms with van der Waals surface area (Å²) in [5, 5.41) is 5.02. The van der Waals surface area contributed by atoms with Crippen molar-refractivity contribution >= 4 is 22.6 Å². The highest BCUT2D eigenvalue weighted by Gasteiger charge is 2.12. The van der Waals surface area contributed by atoms with Gasteiger partial charge in [-0.3, -0.25) is 4.68 Å². The summed E-state index contributed by atoms with van der Waals surface area (Å²) in [4.78, 5) is 8.41. The van der Waals surface area contributed by atoms with E-state index < -0.39 is 0 Å². The number of rotatable bonds is 4. The monoisotopic (exact) mass is 240 g/mol. The van der Waals surface area contributed by atoms with Gasteiger partial charge in [0.1, 0.15) is 6.33 Å². The predicted octanol–water partition coefficient (Wildman–Crippen LogP) is 1.16. The molecule has 0 spiro atoms. The molecule has 0 aliphatic heterocycles. The minimum absolute atomic E-state index is 0.0803. The summed E-state index contributed by atoms with van der Waals surface area (Å²) in [7, 11) is 3.49. The number of fused-ring (bicyclic) bond motifs is 1. The lowest BCUT2D eigenvalue weighted by atomic mass is 10.2. The van der Waals surface area contributed by atoms with Gasteiger partial charge in [0.05, 0.1) is 29.3 Å². The van der Waals surface area contributed by atoms with Crippen molar-refractivity contribution in [1.82, 2.24) is 19.7 Å². The number of aromatic nitrogens is 4. The molecule has 2 heterocycles. The van der Waals surface area contributed by atoms with Gasteiger partial charge < -0.3 is 4.74 Å². The third kappa shape index (κ3) is 2.15. The first kappa shape index (κ1) is 11.3. The van der Waals surface area contributed by atoms with Crippen LogP contribution in [0.5, 0.6) is 0 Å². The Hall–Kier alpha value is -1.20. The van der Waals surface area contributed by atoms with Gasteiger partial charge in [0.2, 0.25) is 0 Å². The van der Waals surface area contributed by atoms with E-state index in [2.05, 4.69) is 15.1 Å². The van der Waals surface area contributed by atoms with Gasteiger partial charge in [0.15, 0.2) is 5.65 Å². The summed E-state index contributed by atoms with van der Waals surface area (Å²) >= 11 is 6.11. The van der Waals surface area contributed by atoms with Crippen LogP contribution in [0.2, 0.25) is 0 Å². The van der Waals surface area contributed by atoms with Crippen molar-refractivity contribution in [2.75, 3.05) is 13.7 Å². The summed E-state index contributed by atoms with van der Waals surface area (Å²) in [6, 6.07) is 0. The van der Waals surface area contributed by atoms with E-state index in [0.29, 0.717) is 13.0 Å². The number of ether oxygens (including phenoxy) is 1. The van der Waals surface area contributed by atoms with Gasteiger partial charge in [0.25, 0.3) is 0 Å². The van der Waals surface area contributed by atoms with Gasteiger partial charge in [0, 0.05) is 20.6 Å². The number of methoxy groups -OCH3 is 1. The molecule has 0 saturated carbocycles. The van der Waals surface area contributed by atoms with E-state index in [1.807, 2.05) is 7.05 Å². The van der Waals surface area contributed by atoms with Crippen LogP contribution < -0.4 is 0 Å². The first-order valence-electron chi connectivity index (χ1n) is 4.97. The molecule has 1 unspecified atom stereocenters. The Morgan fingerprint density at radius 3 is 3.06 bits per heavy atom. The van der Waals surface area contributed by atoms with Crippen molar-refractivity contribution in [1.29, 1.82) is 0 Å². The molecule has 0 radical (unpaired) electrons. The first-order valence-corrected chi connectivity index (χ1v) is 5.40. The van der Waals surface area contributed by atoms with Crippen LogP contribution in [0.25, 0.3) is 11.0 Å². The van der Waals surface area contributed by atoms with Crippen molar-refractivity contribution in [3.05, 3.63) is 18.2 Å². The zero-order valence-electron chi connectivity index (χ0n) is 9.22. The van der Waals surface area contributed by atoms with Gasteiger partial charge >= 0.3 is 0 Å². The molecule has 0 amide bonds. The molecule has 86 valence electrons. The number of hydrogen-bond donors (Lipinski definition) is 0. The van der Waals surface area contributed by atoms with E-state index in [1.54, 1.807) is 18.0 Å². The fourth-order valence-electron chi connectivity index (χ4n) is 1.62. The van der Waals surface area contributed by atoms with E-state index in [0.717, 1.165) is 16.7 Å². The van der Waals surface area contributed by atoms with E-state index in [9.17, 15) is 0 Å². The lowest BCUT2D eigenvalue weighted by molar-refractivity contribution is 0.197. The molecule has 5 nitrogen and oxygen atoms in total. The standard InChI is InChI=1S/C10H13ClN4O/c1-15-10-8(4-14-15)9(12-6-13-10)3-7(11)5-16-2/h4,6-7H,3,5H2,1-2H3. The smallest absolute Gasteiger partial charge is 0.161 e. The molecule has 0 aromatic carbocycles. The Bertz CT molecular complexity index is 485. The lowest BCUT2D eigenvalue weighted by Crippen LogP contribution is -2.12. The number of aryl methyl sites for hydroxylation is 1. The highest BCUT2D eigenvalue weighted by atomic mass is 35.5. The van der Waals surface area contributed by atoms with E-state index >= 15 is 0 Å². The van der Waals surface area contributed by atoms with E-state index in [4.69, 9.17) is 16.3 Å². The fourth-order valence-corrected chi connectivity index (χ4v) is 1.89. The minimum Gasteiger partial charge on any atom is -0.383 e. The molecular weight excluding hydrogens is 228 g/mol. The highest BCUT2D eigenvalue weighted by molar-refractivity contribution is 6.20. The van der Waals surface area contributed by atoms with Gasteiger partial charge in [-0.2, -0.15) is 5.10 Å². The van der Waals surface area contributed by atoms with Crippen LogP contribution in [-0.4, -0.2) is 38.8 Å². The second kappa shape index (κ2) is 4.76. The van der Waals surface area contributed by atoms with Crippen molar-refractivity contribution < 1.29 is 4.74 Å². The molecule has 6 heteroatoms. The Morgan fingerprint density at radius 2 is 2.31 bits per heavy atom. The normalized spacial score (nSPS) is 13.2. The highest BCUT2D eigenvalue weighted by Crippen LogP contribution is 2.16. The third-order valence-electron chi connectivity index (χ3n) is 2.37. The Labute approximate surface area is 98.4 Å². The van der Waals surface area contributed by atoms with Gasteiger partial charge in [-0.25, -0.2) is 9.97 Å². The van der Waals surface area contributed by atoms with E-state index in [-0.39, 0.29) is 5.38 Å². The van der Waals surface area contributed by atoms with Crippen molar-refractivity contribution in [3.63, 3.8) is 0 Å². The Morgan fingerprint density at radius 1 is 1.50 bits per heavy atom. The fraction of sp³-hybridized carbons (Fsp3) is 0.500. The topological polar surface area (TPSA) is 52.8 Å². The Kier molecular flexibility index (Phi) is 3.36. The zero-order chi connectivity index (χ0) is 11.5. The molecule has 2 aromatic rings. The summed E-state index contributed by atoms with van der Waals surface area (Å²) in [6.07, 6.45) is 3.96. The number of hydrogen-bond acceptors (Lipinski definition) is 4. The first-order chi connectivity index (χ1) is 7.72. The summed E-state index contributed by atoms with van der Waals surface area (Å²) in [5.41, 5.74) is 1.74. The van der Waals surface area contributed by atoms with Crippen molar-refractivity contribution in [2.45, 2.75) is 11.8 Å². The van der Waals surface area contributed by atoms with E-state index in [1.165, 1.54) is 6.33 Å². The zero-order valence-corrected chi connectivity index (χ0v) is 9.98. The quantitative estimate of drug-likeness (QED) is 0.753. The summed E-state index contributed by atoms with van der Waals surface area (Å²) < 4.78 is 6.72. The maximum absolute atomic E-state index is 6.11. The number of halogens is 1. The van der Waals surface area contributed by atoms with Crippen LogP contribution in [-0.2, 0) is 18.2 Å². The number of nitrogens with zero attached hydrogens (tertiary/aromatic N) is 4. The van der Waals surface area contributed by atoms with Gasteiger partial charge in [-0.15, -0.1) is 11.6 Å². The summed E-state index contributed by atoms with van der Waals surface area (Å²) in [6.45, 7) is 0.507. The molecule has 0 fully saturated rings. The molecule has 0 saturated heterocycles. The molecule has 2 rings (SSSR count). The van der Waals surface area contributed by atoms with Crippen molar-refractivity contribution in [3.8, 4) is 0 Å². The second-order valence-corrected chi connectivity index (χ2v) is 4.20. The molecular formula is C10H13ClN4O. The molecule has 0 bridgehead atoms. The minimum atomic E-state index is -0.0803. The SMILES string of the molecule is COCC(Cl)Cc1ncnc2c1cnn2C. The van der Waals surface area contributed by atoms with Crippen LogP contribution in [0.1, 0.15) is 5.69 Å². The van der Waals surface area contributed by atoms with Crippen LogP contribution in [0.4, 0.5) is 0 Å². The molecule has 16 heavy (non-hydrogen) atoms. The second-order valence-electron chi connectivity index (χ2n) is 3.58. The number of alkyl halides is 1. The molecule has 0 aliphatic rings. The third-order valence-corrected chi connectivity index (χ3v) is 2.65. The van der Waals surface area contributed by atoms with Crippen LogP contribution in [0.15, 0.2) is 12.5 Å². The lowest BCUT2D eigenvalue weighted by Gasteiger charge is -2.07. The maximum Gasteiger partial charge on any atom is 0.161 e. The molecule has 2 aromatic heterocycles. The maximum atomic E-state index is 6.11. The molecule has 0 N–H and O–H groups in total. The van der Waals surface area contributed by atoms with Crippen LogP contribution in [0, 0.1) is 0 Å². The molecule has 0 aliphatic carbocycles. The van der Waals surface area contributed by atoms with Crippen molar-refractivity contribution in [2.24, 2.45) is 7.05 Å².